The third-order valence-corrected chi connectivity index (χ3v) is 3.51. The highest BCUT2D eigenvalue weighted by atomic mass is 16.5. The second kappa shape index (κ2) is 7.42. The SMILES string of the molecule is Cc1cc(CC(=O)Nc2ccccn2)ccc1Oc1ccccc1. The number of carbonyl (C=O) groups excluding carboxylic acids is 1. The fourth-order valence-corrected chi connectivity index (χ4v) is 2.36. The molecule has 1 amide bonds. The number of aryl methyl sites for hydroxylation is 1. The summed E-state index contributed by atoms with van der Waals surface area (Å²) in [6, 6.07) is 20.8. The second-order valence-electron chi connectivity index (χ2n) is 5.45. The van der Waals surface area contributed by atoms with Crippen LogP contribution >= 0.6 is 0 Å². The van der Waals surface area contributed by atoms with E-state index in [1.807, 2.05) is 67.6 Å². The number of benzene rings is 2. The number of carbonyl (C=O) groups is 1. The molecule has 1 aromatic heterocycles. The Hall–Kier alpha value is -3.14. The van der Waals surface area contributed by atoms with Crippen LogP contribution in [0.2, 0.25) is 0 Å². The van der Waals surface area contributed by atoms with Crippen molar-refractivity contribution >= 4 is 11.7 Å². The fraction of sp³-hybridized carbons (Fsp3) is 0.100. The van der Waals surface area contributed by atoms with Gasteiger partial charge in [0.1, 0.15) is 17.3 Å². The Kier molecular flexibility index (Phi) is 4.87. The van der Waals surface area contributed by atoms with Gasteiger partial charge in [0.2, 0.25) is 5.91 Å². The van der Waals surface area contributed by atoms with Crippen molar-refractivity contribution in [2.75, 3.05) is 5.32 Å². The van der Waals surface area contributed by atoms with E-state index in [0.29, 0.717) is 12.2 Å². The van der Waals surface area contributed by atoms with Crippen LogP contribution in [0, 0.1) is 6.92 Å². The maximum absolute atomic E-state index is 12.1. The monoisotopic (exact) mass is 318 g/mol. The van der Waals surface area contributed by atoms with Crippen LogP contribution in [0.15, 0.2) is 72.9 Å². The largest absolute Gasteiger partial charge is 0.457 e. The zero-order chi connectivity index (χ0) is 16.8. The molecule has 0 aliphatic rings. The Labute approximate surface area is 141 Å². The Morgan fingerprint density at radius 1 is 1.04 bits per heavy atom. The number of hydrogen-bond acceptors (Lipinski definition) is 3. The minimum atomic E-state index is -0.0928. The number of ether oxygens (including phenoxy) is 1. The Morgan fingerprint density at radius 2 is 1.83 bits per heavy atom. The van der Waals surface area contributed by atoms with Crippen LogP contribution in [-0.4, -0.2) is 10.9 Å². The summed E-state index contributed by atoms with van der Waals surface area (Å²) in [5.41, 5.74) is 1.92. The summed E-state index contributed by atoms with van der Waals surface area (Å²) in [6.45, 7) is 1.97. The lowest BCUT2D eigenvalue weighted by molar-refractivity contribution is -0.115. The highest BCUT2D eigenvalue weighted by Crippen LogP contribution is 2.25. The minimum absolute atomic E-state index is 0.0928. The molecule has 4 nitrogen and oxygen atoms in total. The molecule has 3 rings (SSSR count). The summed E-state index contributed by atoms with van der Waals surface area (Å²) < 4.78 is 5.85. The zero-order valence-electron chi connectivity index (χ0n) is 13.4. The first-order valence-corrected chi connectivity index (χ1v) is 7.74. The van der Waals surface area contributed by atoms with Gasteiger partial charge in [-0.2, -0.15) is 0 Å². The van der Waals surface area contributed by atoms with E-state index in [9.17, 15) is 4.79 Å². The first-order chi connectivity index (χ1) is 11.7. The average Bonchev–Trinajstić information content (AvgIpc) is 2.59. The number of amides is 1. The van der Waals surface area contributed by atoms with E-state index in [2.05, 4.69) is 10.3 Å². The molecule has 3 aromatic rings. The Balaban J connectivity index is 1.65. The van der Waals surface area contributed by atoms with Crippen LogP contribution in [0.1, 0.15) is 11.1 Å². The highest BCUT2D eigenvalue weighted by molar-refractivity contribution is 5.91. The number of nitrogens with zero attached hydrogens (tertiary/aromatic N) is 1. The van der Waals surface area contributed by atoms with Crippen LogP contribution in [0.4, 0.5) is 5.82 Å². The fourth-order valence-electron chi connectivity index (χ4n) is 2.36. The van der Waals surface area contributed by atoms with Gasteiger partial charge >= 0.3 is 0 Å². The van der Waals surface area contributed by atoms with Gasteiger partial charge in [0, 0.05) is 6.20 Å². The van der Waals surface area contributed by atoms with E-state index in [4.69, 9.17) is 4.74 Å². The maximum Gasteiger partial charge on any atom is 0.229 e. The zero-order valence-corrected chi connectivity index (χ0v) is 13.4. The van der Waals surface area contributed by atoms with Crippen molar-refractivity contribution in [3.63, 3.8) is 0 Å². The molecule has 1 N–H and O–H groups in total. The summed E-state index contributed by atoms with van der Waals surface area (Å²) in [7, 11) is 0. The van der Waals surface area contributed by atoms with Crippen molar-refractivity contribution in [2.24, 2.45) is 0 Å². The molecule has 0 radical (unpaired) electrons. The number of rotatable bonds is 5. The molecule has 0 fully saturated rings. The lowest BCUT2D eigenvalue weighted by Gasteiger charge is -2.10. The van der Waals surface area contributed by atoms with Crippen molar-refractivity contribution in [2.45, 2.75) is 13.3 Å². The summed E-state index contributed by atoms with van der Waals surface area (Å²) in [6.07, 6.45) is 1.94. The van der Waals surface area contributed by atoms with Gasteiger partial charge < -0.3 is 10.1 Å². The number of nitrogens with one attached hydrogen (secondary N) is 1. The van der Waals surface area contributed by atoms with Crippen LogP contribution in [-0.2, 0) is 11.2 Å². The number of aromatic nitrogens is 1. The van der Waals surface area contributed by atoms with Gasteiger partial charge in [0.25, 0.3) is 0 Å². The van der Waals surface area contributed by atoms with E-state index in [-0.39, 0.29) is 5.91 Å². The van der Waals surface area contributed by atoms with Gasteiger partial charge in [-0.1, -0.05) is 36.4 Å². The van der Waals surface area contributed by atoms with Gasteiger partial charge in [-0.3, -0.25) is 4.79 Å². The van der Waals surface area contributed by atoms with Gasteiger partial charge in [0.15, 0.2) is 0 Å². The van der Waals surface area contributed by atoms with Crippen LogP contribution in [0.5, 0.6) is 11.5 Å². The summed E-state index contributed by atoms with van der Waals surface area (Å²) in [5, 5.41) is 2.78. The van der Waals surface area contributed by atoms with Crippen molar-refractivity contribution < 1.29 is 9.53 Å². The van der Waals surface area contributed by atoms with Gasteiger partial charge in [-0.05, 0) is 48.4 Å². The highest BCUT2D eigenvalue weighted by Gasteiger charge is 2.07. The summed E-state index contributed by atoms with van der Waals surface area (Å²) in [4.78, 5) is 16.2. The van der Waals surface area contributed by atoms with Crippen molar-refractivity contribution in [1.82, 2.24) is 4.98 Å². The molecule has 24 heavy (non-hydrogen) atoms. The molecule has 120 valence electrons. The predicted octanol–water partition coefficient (Wildman–Crippen LogP) is 4.36. The smallest absolute Gasteiger partial charge is 0.229 e. The number of pyridine rings is 1. The van der Waals surface area contributed by atoms with Gasteiger partial charge in [-0.25, -0.2) is 4.98 Å². The van der Waals surface area contributed by atoms with Crippen molar-refractivity contribution in [1.29, 1.82) is 0 Å². The first-order valence-electron chi connectivity index (χ1n) is 7.74. The topological polar surface area (TPSA) is 51.2 Å². The third kappa shape index (κ3) is 4.20. The van der Waals surface area contributed by atoms with Gasteiger partial charge in [0.05, 0.1) is 6.42 Å². The lowest BCUT2D eigenvalue weighted by atomic mass is 10.1. The van der Waals surface area contributed by atoms with Crippen molar-refractivity contribution in [3.05, 3.63) is 84.1 Å². The lowest BCUT2D eigenvalue weighted by Crippen LogP contribution is -2.15. The van der Waals surface area contributed by atoms with E-state index >= 15 is 0 Å². The quantitative estimate of drug-likeness (QED) is 0.760. The Bertz CT molecular complexity index is 818. The molecule has 0 unspecified atom stereocenters. The van der Waals surface area contributed by atoms with E-state index in [0.717, 1.165) is 22.6 Å². The number of hydrogen-bond donors (Lipinski definition) is 1. The molecule has 0 atom stereocenters. The average molecular weight is 318 g/mol. The molecule has 0 aliphatic carbocycles. The summed E-state index contributed by atoms with van der Waals surface area (Å²) >= 11 is 0. The molecule has 0 saturated heterocycles. The van der Waals surface area contributed by atoms with E-state index in [1.165, 1.54) is 0 Å². The second-order valence-corrected chi connectivity index (χ2v) is 5.45. The van der Waals surface area contributed by atoms with Gasteiger partial charge in [-0.15, -0.1) is 0 Å². The minimum Gasteiger partial charge on any atom is -0.457 e. The molecule has 4 heteroatoms. The first kappa shape index (κ1) is 15.7. The maximum atomic E-state index is 12.1. The third-order valence-electron chi connectivity index (χ3n) is 3.51. The Morgan fingerprint density at radius 3 is 2.54 bits per heavy atom. The molecule has 0 spiro atoms. The van der Waals surface area contributed by atoms with Crippen LogP contribution in [0.3, 0.4) is 0 Å². The molecular weight excluding hydrogens is 300 g/mol. The molecule has 0 saturated carbocycles. The molecule has 0 bridgehead atoms. The number of anilines is 1. The van der Waals surface area contributed by atoms with Crippen molar-refractivity contribution in [3.8, 4) is 11.5 Å². The number of para-hydroxylation sites is 1. The van der Waals surface area contributed by atoms with Crippen LogP contribution in [0.25, 0.3) is 0 Å². The standard InChI is InChI=1S/C20H18N2O2/c1-15-13-16(14-20(23)22-19-9-5-6-12-21-19)10-11-18(15)24-17-7-3-2-4-8-17/h2-13H,14H2,1H3,(H,21,22,23). The summed E-state index contributed by atoms with van der Waals surface area (Å²) in [5.74, 6) is 2.05. The normalized spacial score (nSPS) is 10.2. The molecule has 1 heterocycles. The van der Waals surface area contributed by atoms with E-state index < -0.39 is 0 Å². The van der Waals surface area contributed by atoms with E-state index in [1.54, 1.807) is 12.3 Å². The van der Waals surface area contributed by atoms with Crippen LogP contribution < -0.4 is 10.1 Å². The molecule has 2 aromatic carbocycles. The molecule has 0 aliphatic heterocycles. The molecular formula is C20H18N2O2. The predicted molar refractivity (Wildman–Crippen MR) is 94.3 cm³/mol.